The van der Waals surface area contributed by atoms with Gasteiger partial charge in [0.05, 0.1) is 5.41 Å². The second-order valence-corrected chi connectivity index (χ2v) is 6.69. The quantitative estimate of drug-likeness (QED) is 0.901. The molecule has 1 aromatic carbocycles. The number of aliphatic carboxylic acids is 1. The number of hydrogen-bond donors (Lipinski definition) is 1. The van der Waals surface area contributed by atoms with Crippen molar-refractivity contribution in [2.75, 3.05) is 0 Å². The van der Waals surface area contributed by atoms with Crippen molar-refractivity contribution in [2.45, 2.75) is 57.4 Å². The molecular weight excluding hydrogens is 262 g/mol. The van der Waals surface area contributed by atoms with Gasteiger partial charge in [-0.25, -0.2) is 0 Å². The van der Waals surface area contributed by atoms with Gasteiger partial charge in [-0.05, 0) is 38.3 Å². The van der Waals surface area contributed by atoms with Gasteiger partial charge in [0.1, 0.15) is 0 Å². The highest BCUT2D eigenvalue weighted by atomic mass is 16.4. The highest BCUT2D eigenvalue weighted by Crippen LogP contribution is 2.37. The molecule has 1 heterocycles. The zero-order valence-corrected chi connectivity index (χ0v) is 12.8. The van der Waals surface area contributed by atoms with Crippen molar-refractivity contribution >= 4 is 16.9 Å². The van der Waals surface area contributed by atoms with Crippen molar-refractivity contribution in [1.82, 2.24) is 4.57 Å². The van der Waals surface area contributed by atoms with Crippen LogP contribution in [0, 0.1) is 0 Å². The molecule has 1 N–H and O–H groups in total. The number of carboxylic acids is 1. The maximum Gasteiger partial charge on any atom is 0.313 e. The standard InChI is InChI=1S/C18H23NO2/c1-18(2,17(20)21)15-12-19(13-8-4-3-5-9-13)16-11-7-6-10-14(15)16/h6-7,10-13H,3-5,8-9H2,1-2H3,(H,20,21). The van der Waals surface area contributed by atoms with E-state index in [1.54, 1.807) is 13.8 Å². The third-order valence-electron chi connectivity index (χ3n) is 4.92. The molecule has 0 radical (unpaired) electrons. The summed E-state index contributed by atoms with van der Waals surface area (Å²) in [4.78, 5) is 11.6. The summed E-state index contributed by atoms with van der Waals surface area (Å²) in [6.45, 7) is 3.59. The summed E-state index contributed by atoms with van der Waals surface area (Å²) in [6.07, 6.45) is 8.36. The Morgan fingerprint density at radius 2 is 1.86 bits per heavy atom. The van der Waals surface area contributed by atoms with E-state index in [0.717, 1.165) is 10.9 Å². The first-order chi connectivity index (χ1) is 10.0. The van der Waals surface area contributed by atoms with E-state index < -0.39 is 11.4 Å². The highest BCUT2D eigenvalue weighted by molar-refractivity contribution is 5.92. The van der Waals surface area contributed by atoms with Crippen molar-refractivity contribution in [3.63, 3.8) is 0 Å². The van der Waals surface area contributed by atoms with Crippen LogP contribution in [0.3, 0.4) is 0 Å². The lowest BCUT2D eigenvalue weighted by Crippen LogP contribution is -2.28. The van der Waals surface area contributed by atoms with E-state index in [1.807, 2.05) is 12.1 Å². The summed E-state index contributed by atoms with van der Waals surface area (Å²) >= 11 is 0. The third-order valence-corrected chi connectivity index (χ3v) is 4.92. The van der Waals surface area contributed by atoms with Gasteiger partial charge in [0.15, 0.2) is 0 Å². The molecule has 0 atom stereocenters. The average molecular weight is 285 g/mol. The average Bonchev–Trinajstić information content (AvgIpc) is 2.88. The fraction of sp³-hybridized carbons (Fsp3) is 0.500. The van der Waals surface area contributed by atoms with Crippen LogP contribution in [0.4, 0.5) is 0 Å². The number of fused-ring (bicyclic) bond motifs is 1. The molecule has 3 rings (SSSR count). The summed E-state index contributed by atoms with van der Waals surface area (Å²) in [7, 11) is 0. The summed E-state index contributed by atoms with van der Waals surface area (Å²) < 4.78 is 2.33. The van der Waals surface area contributed by atoms with E-state index in [2.05, 4.69) is 22.9 Å². The Kier molecular flexibility index (Phi) is 3.52. The molecule has 0 aliphatic heterocycles. The number of carbonyl (C=O) groups is 1. The Labute approximate surface area is 125 Å². The van der Waals surface area contributed by atoms with Crippen LogP contribution in [-0.2, 0) is 10.2 Å². The van der Waals surface area contributed by atoms with Crippen molar-refractivity contribution in [2.24, 2.45) is 0 Å². The molecule has 3 nitrogen and oxygen atoms in total. The van der Waals surface area contributed by atoms with E-state index >= 15 is 0 Å². The fourth-order valence-corrected chi connectivity index (χ4v) is 3.48. The summed E-state index contributed by atoms with van der Waals surface area (Å²) in [6, 6.07) is 8.72. The number of nitrogens with zero attached hydrogens (tertiary/aromatic N) is 1. The monoisotopic (exact) mass is 285 g/mol. The van der Waals surface area contributed by atoms with E-state index in [-0.39, 0.29) is 0 Å². The minimum absolute atomic E-state index is 0.516. The molecule has 1 saturated carbocycles. The Hall–Kier alpha value is -1.77. The normalized spacial score (nSPS) is 17.2. The molecule has 0 spiro atoms. The second kappa shape index (κ2) is 5.21. The first kappa shape index (κ1) is 14.2. The van der Waals surface area contributed by atoms with Crippen LogP contribution in [0.1, 0.15) is 57.6 Å². The topological polar surface area (TPSA) is 42.2 Å². The zero-order chi connectivity index (χ0) is 15.0. The van der Waals surface area contributed by atoms with Gasteiger partial charge in [0.25, 0.3) is 0 Å². The van der Waals surface area contributed by atoms with Gasteiger partial charge in [-0.3, -0.25) is 4.79 Å². The lowest BCUT2D eigenvalue weighted by atomic mass is 9.85. The van der Waals surface area contributed by atoms with Crippen molar-refractivity contribution in [3.8, 4) is 0 Å². The highest BCUT2D eigenvalue weighted by Gasteiger charge is 2.33. The van der Waals surface area contributed by atoms with E-state index in [1.165, 1.54) is 37.6 Å². The molecule has 112 valence electrons. The van der Waals surface area contributed by atoms with E-state index in [4.69, 9.17) is 0 Å². The van der Waals surface area contributed by atoms with Crippen LogP contribution in [-0.4, -0.2) is 15.6 Å². The Balaban J connectivity index is 2.16. The molecule has 0 unspecified atom stereocenters. The molecule has 0 bridgehead atoms. The SMILES string of the molecule is CC(C)(C(=O)O)c1cn(C2CCCCC2)c2ccccc12. The molecular formula is C18H23NO2. The number of para-hydroxylation sites is 1. The van der Waals surface area contributed by atoms with Gasteiger partial charge in [0, 0.05) is 23.1 Å². The minimum Gasteiger partial charge on any atom is -0.481 e. The molecule has 0 saturated heterocycles. The van der Waals surface area contributed by atoms with E-state index in [0.29, 0.717) is 6.04 Å². The number of benzene rings is 1. The number of aromatic nitrogens is 1. The summed E-state index contributed by atoms with van der Waals surface area (Å²) in [5, 5.41) is 10.6. The molecule has 1 fully saturated rings. The molecule has 3 heteroatoms. The molecule has 2 aromatic rings. The molecule has 1 aromatic heterocycles. The maximum absolute atomic E-state index is 11.6. The number of rotatable bonds is 3. The zero-order valence-electron chi connectivity index (χ0n) is 12.8. The Morgan fingerprint density at radius 3 is 2.52 bits per heavy atom. The fourth-order valence-electron chi connectivity index (χ4n) is 3.48. The predicted molar refractivity (Wildman–Crippen MR) is 84.7 cm³/mol. The largest absolute Gasteiger partial charge is 0.481 e. The van der Waals surface area contributed by atoms with Crippen LogP contribution >= 0.6 is 0 Å². The number of carboxylic acid groups (broad SMARTS) is 1. The predicted octanol–water partition coefficient (Wildman–Crippen LogP) is 4.51. The molecule has 1 aliphatic carbocycles. The molecule has 21 heavy (non-hydrogen) atoms. The minimum atomic E-state index is -0.862. The second-order valence-electron chi connectivity index (χ2n) is 6.69. The summed E-state index contributed by atoms with van der Waals surface area (Å²) in [5.74, 6) is -0.769. The maximum atomic E-state index is 11.6. The lowest BCUT2D eigenvalue weighted by Gasteiger charge is -2.24. The molecule has 1 aliphatic rings. The van der Waals surface area contributed by atoms with Crippen molar-refractivity contribution < 1.29 is 9.90 Å². The van der Waals surface area contributed by atoms with Gasteiger partial charge in [-0.1, -0.05) is 37.5 Å². The first-order valence-corrected chi connectivity index (χ1v) is 7.85. The van der Waals surface area contributed by atoms with Gasteiger partial charge < -0.3 is 9.67 Å². The summed E-state index contributed by atoms with van der Waals surface area (Å²) in [5.41, 5.74) is 1.24. The van der Waals surface area contributed by atoms with Crippen LogP contribution in [0.2, 0.25) is 0 Å². The van der Waals surface area contributed by atoms with Crippen LogP contribution in [0.15, 0.2) is 30.5 Å². The van der Waals surface area contributed by atoms with Crippen molar-refractivity contribution in [3.05, 3.63) is 36.0 Å². The van der Waals surface area contributed by atoms with Gasteiger partial charge in [0.2, 0.25) is 0 Å². The van der Waals surface area contributed by atoms with Crippen LogP contribution in [0.5, 0.6) is 0 Å². The Bertz CT molecular complexity index is 663. The van der Waals surface area contributed by atoms with Gasteiger partial charge in [-0.15, -0.1) is 0 Å². The number of hydrogen-bond acceptors (Lipinski definition) is 1. The van der Waals surface area contributed by atoms with Crippen molar-refractivity contribution in [1.29, 1.82) is 0 Å². The first-order valence-electron chi connectivity index (χ1n) is 7.85. The van der Waals surface area contributed by atoms with Crippen LogP contribution < -0.4 is 0 Å². The van der Waals surface area contributed by atoms with Gasteiger partial charge >= 0.3 is 5.97 Å². The van der Waals surface area contributed by atoms with E-state index in [9.17, 15) is 9.90 Å². The van der Waals surface area contributed by atoms with Gasteiger partial charge in [-0.2, -0.15) is 0 Å². The molecule has 0 amide bonds. The third kappa shape index (κ3) is 2.35. The smallest absolute Gasteiger partial charge is 0.313 e. The van der Waals surface area contributed by atoms with Crippen LogP contribution in [0.25, 0.3) is 10.9 Å². The lowest BCUT2D eigenvalue weighted by molar-refractivity contribution is -0.142. The Morgan fingerprint density at radius 1 is 1.19 bits per heavy atom.